The highest BCUT2D eigenvalue weighted by Crippen LogP contribution is 2.09. The predicted octanol–water partition coefficient (Wildman–Crippen LogP) is 2.10. The summed E-state index contributed by atoms with van der Waals surface area (Å²) in [5, 5.41) is 7.30. The number of piperazine rings is 1. The van der Waals surface area contributed by atoms with Crippen LogP contribution >= 0.6 is 0 Å². The molecule has 1 aliphatic rings. The molecule has 3 rings (SSSR count). The van der Waals surface area contributed by atoms with Gasteiger partial charge in [-0.05, 0) is 24.6 Å². The number of benzene rings is 1. The Labute approximate surface area is 147 Å². The lowest BCUT2D eigenvalue weighted by Crippen LogP contribution is -2.52. The van der Waals surface area contributed by atoms with E-state index < -0.39 is 0 Å². The second kappa shape index (κ2) is 8.62. The molecule has 25 heavy (non-hydrogen) atoms. The molecular weight excluding hydrogens is 321 g/mol. The molecule has 134 valence electrons. The van der Waals surface area contributed by atoms with Crippen LogP contribution in [0.15, 0.2) is 46.1 Å². The third-order valence-corrected chi connectivity index (χ3v) is 4.18. The van der Waals surface area contributed by atoms with Crippen molar-refractivity contribution < 1.29 is 8.91 Å². The maximum absolute atomic E-state index is 13.3. The molecule has 0 aliphatic carbocycles. The molecule has 0 atom stereocenters. The van der Waals surface area contributed by atoms with E-state index in [9.17, 15) is 4.39 Å². The quantitative estimate of drug-likeness (QED) is 0.664. The van der Waals surface area contributed by atoms with Crippen molar-refractivity contribution in [2.75, 3.05) is 32.7 Å². The summed E-state index contributed by atoms with van der Waals surface area (Å²) in [6.07, 6.45) is 1.61. The van der Waals surface area contributed by atoms with E-state index in [1.54, 1.807) is 12.3 Å². The highest BCUT2D eigenvalue weighted by Gasteiger charge is 2.20. The van der Waals surface area contributed by atoms with E-state index in [1.807, 2.05) is 12.1 Å². The summed E-state index contributed by atoms with van der Waals surface area (Å²) in [5.74, 6) is 0.659. The van der Waals surface area contributed by atoms with Gasteiger partial charge in [0.15, 0.2) is 5.96 Å². The number of rotatable bonds is 5. The summed E-state index contributed by atoms with van der Waals surface area (Å²) >= 11 is 0. The maximum atomic E-state index is 13.3. The van der Waals surface area contributed by atoms with E-state index in [1.165, 1.54) is 12.1 Å². The normalized spacial score (nSPS) is 16.2. The molecule has 2 heterocycles. The summed E-state index contributed by atoms with van der Waals surface area (Å²) in [5.41, 5.74) is 1.83. The minimum absolute atomic E-state index is 0.223. The third-order valence-electron chi connectivity index (χ3n) is 4.18. The van der Waals surface area contributed by atoms with Gasteiger partial charge in [0.1, 0.15) is 12.1 Å². The molecule has 1 aliphatic heterocycles. The van der Waals surface area contributed by atoms with Gasteiger partial charge in [-0.2, -0.15) is 0 Å². The average Bonchev–Trinajstić information content (AvgIpc) is 3.12. The number of guanidine groups is 1. The number of halogens is 1. The molecule has 0 unspecified atom stereocenters. The predicted molar refractivity (Wildman–Crippen MR) is 94.6 cm³/mol. The van der Waals surface area contributed by atoms with Crippen LogP contribution in [-0.4, -0.2) is 53.6 Å². The molecule has 1 saturated heterocycles. The van der Waals surface area contributed by atoms with Gasteiger partial charge in [0.05, 0.1) is 12.2 Å². The standard InChI is InChI=1S/C18H24FN5O/c1-2-20-18(21-13-15-4-3-5-16(19)12-15)24-9-7-23(8-10-24)14-17-6-11-25-22-17/h3-6,11-12H,2,7-10,13-14H2,1H3,(H,20,21). The number of hydrogen-bond acceptors (Lipinski definition) is 4. The zero-order valence-electron chi connectivity index (χ0n) is 14.5. The lowest BCUT2D eigenvalue weighted by atomic mass is 10.2. The van der Waals surface area contributed by atoms with E-state index in [-0.39, 0.29) is 5.82 Å². The van der Waals surface area contributed by atoms with E-state index in [2.05, 4.69) is 32.2 Å². The minimum Gasteiger partial charge on any atom is -0.364 e. The fraction of sp³-hybridized carbons (Fsp3) is 0.444. The molecule has 1 aromatic heterocycles. The molecule has 1 N–H and O–H groups in total. The third kappa shape index (κ3) is 5.03. The first-order valence-corrected chi connectivity index (χ1v) is 8.64. The summed E-state index contributed by atoms with van der Waals surface area (Å²) in [6.45, 7) is 7.81. The Kier molecular flexibility index (Phi) is 6.00. The van der Waals surface area contributed by atoms with Gasteiger partial charge in [0, 0.05) is 45.3 Å². The molecule has 6 nitrogen and oxygen atoms in total. The van der Waals surface area contributed by atoms with E-state index in [4.69, 9.17) is 4.52 Å². The molecule has 0 radical (unpaired) electrons. The average molecular weight is 345 g/mol. The monoisotopic (exact) mass is 345 g/mol. The van der Waals surface area contributed by atoms with Crippen molar-refractivity contribution in [2.24, 2.45) is 4.99 Å². The molecule has 0 spiro atoms. The first kappa shape index (κ1) is 17.4. The molecular formula is C18H24FN5O. The maximum Gasteiger partial charge on any atom is 0.194 e. The number of hydrogen-bond donors (Lipinski definition) is 1. The van der Waals surface area contributed by atoms with Crippen LogP contribution in [0.2, 0.25) is 0 Å². The summed E-state index contributed by atoms with van der Waals surface area (Å²) < 4.78 is 18.2. The number of nitrogens with zero attached hydrogens (tertiary/aromatic N) is 4. The minimum atomic E-state index is -0.223. The second-order valence-electron chi connectivity index (χ2n) is 6.05. The Morgan fingerprint density at radius 1 is 1.28 bits per heavy atom. The summed E-state index contributed by atoms with van der Waals surface area (Å²) in [4.78, 5) is 9.27. The smallest absolute Gasteiger partial charge is 0.194 e. The van der Waals surface area contributed by atoms with Crippen molar-refractivity contribution in [3.8, 4) is 0 Å². The Morgan fingerprint density at radius 2 is 2.12 bits per heavy atom. The van der Waals surface area contributed by atoms with Crippen molar-refractivity contribution in [3.63, 3.8) is 0 Å². The topological polar surface area (TPSA) is 56.9 Å². The molecule has 7 heteroatoms. The van der Waals surface area contributed by atoms with Gasteiger partial charge in [0.25, 0.3) is 0 Å². The van der Waals surface area contributed by atoms with Crippen LogP contribution in [0.5, 0.6) is 0 Å². The largest absolute Gasteiger partial charge is 0.364 e. The lowest BCUT2D eigenvalue weighted by molar-refractivity contribution is 0.169. The first-order valence-electron chi connectivity index (χ1n) is 8.64. The summed E-state index contributed by atoms with van der Waals surface area (Å²) in [6, 6.07) is 8.49. The first-order chi connectivity index (χ1) is 12.2. The van der Waals surface area contributed by atoms with Crippen molar-refractivity contribution in [2.45, 2.75) is 20.0 Å². The van der Waals surface area contributed by atoms with Gasteiger partial charge < -0.3 is 14.7 Å². The fourth-order valence-electron chi connectivity index (χ4n) is 2.89. The molecule has 1 aromatic carbocycles. The van der Waals surface area contributed by atoms with Gasteiger partial charge in [-0.1, -0.05) is 17.3 Å². The van der Waals surface area contributed by atoms with Crippen LogP contribution in [0.1, 0.15) is 18.2 Å². The Morgan fingerprint density at radius 3 is 2.80 bits per heavy atom. The van der Waals surface area contributed by atoms with Gasteiger partial charge in [0.2, 0.25) is 0 Å². The highest BCUT2D eigenvalue weighted by molar-refractivity contribution is 5.80. The van der Waals surface area contributed by atoms with Crippen molar-refractivity contribution in [1.29, 1.82) is 0 Å². The van der Waals surface area contributed by atoms with Crippen LogP contribution in [-0.2, 0) is 13.1 Å². The Balaban J connectivity index is 1.56. The number of aromatic nitrogens is 1. The molecule has 0 saturated carbocycles. The van der Waals surface area contributed by atoms with Gasteiger partial charge in [-0.25, -0.2) is 9.38 Å². The van der Waals surface area contributed by atoms with Crippen LogP contribution in [0.25, 0.3) is 0 Å². The van der Waals surface area contributed by atoms with Crippen LogP contribution in [0, 0.1) is 5.82 Å². The second-order valence-corrected chi connectivity index (χ2v) is 6.05. The van der Waals surface area contributed by atoms with Crippen LogP contribution in [0.3, 0.4) is 0 Å². The molecule has 0 bridgehead atoms. The van der Waals surface area contributed by atoms with E-state index in [0.717, 1.165) is 56.5 Å². The lowest BCUT2D eigenvalue weighted by Gasteiger charge is -2.36. The zero-order valence-corrected chi connectivity index (χ0v) is 14.5. The van der Waals surface area contributed by atoms with Crippen molar-refractivity contribution >= 4 is 5.96 Å². The molecule has 1 fully saturated rings. The van der Waals surface area contributed by atoms with Crippen molar-refractivity contribution in [1.82, 2.24) is 20.3 Å². The number of nitrogens with one attached hydrogen (secondary N) is 1. The van der Waals surface area contributed by atoms with E-state index >= 15 is 0 Å². The SMILES string of the molecule is CCNC(=NCc1cccc(F)c1)N1CCN(Cc2ccon2)CC1. The highest BCUT2D eigenvalue weighted by atomic mass is 19.1. The van der Waals surface area contributed by atoms with Gasteiger partial charge >= 0.3 is 0 Å². The molecule has 0 amide bonds. The van der Waals surface area contributed by atoms with Gasteiger partial charge in [-0.15, -0.1) is 0 Å². The Bertz CT molecular complexity index is 681. The summed E-state index contributed by atoms with van der Waals surface area (Å²) in [7, 11) is 0. The molecule has 2 aromatic rings. The number of aliphatic imine (C=N–C) groups is 1. The van der Waals surface area contributed by atoms with Gasteiger partial charge in [-0.3, -0.25) is 4.90 Å². The fourth-order valence-corrected chi connectivity index (χ4v) is 2.89. The van der Waals surface area contributed by atoms with E-state index in [0.29, 0.717) is 6.54 Å². The Hall–Kier alpha value is -2.41. The van der Waals surface area contributed by atoms with Crippen LogP contribution in [0.4, 0.5) is 4.39 Å². The van der Waals surface area contributed by atoms with Crippen molar-refractivity contribution in [3.05, 3.63) is 53.7 Å². The van der Waals surface area contributed by atoms with Crippen LogP contribution < -0.4 is 5.32 Å². The zero-order chi connectivity index (χ0) is 17.5.